The SMILES string of the molecule is CCN1CCC(C(C)Nc2ccnc(Cl)c2)CC1. The fourth-order valence-electron chi connectivity index (χ4n) is 2.64. The van der Waals surface area contributed by atoms with E-state index >= 15 is 0 Å². The molecule has 1 atom stereocenters. The highest BCUT2D eigenvalue weighted by molar-refractivity contribution is 6.29. The standard InChI is InChI=1S/C14H22ClN3/c1-3-18-8-5-12(6-9-18)11(2)17-13-4-7-16-14(15)10-13/h4,7,10-12H,3,5-6,8-9H2,1-2H3,(H,16,17). The summed E-state index contributed by atoms with van der Waals surface area (Å²) in [4.78, 5) is 6.52. The number of nitrogens with one attached hydrogen (secondary N) is 1. The molecule has 100 valence electrons. The Labute approximate surface area is 115 Å². The van der Waals surface area contributed by atoms with Gasteiger partial charge < -0.3 is 10.2 Å². The summed E-state index contributed by atoms with van der Waals surface area (Å²) in [6, 6.07) is 4.35. The summed E-state index contributed by atoms with van der Waals surface area (Å²) in [5, 5.41) is 4.09. The van der Waals surface area contributed by atoms with Crippen molar-refractivity contribution in [2.24, 2.45) is 5.92 Å². The van der Waals surface area contributed by atoms with E-state index in [4.69, 9.17) is 11.6 Å². The van der Waals surface area contributed by atoms with Gasteiger partial charge in [0.1, 0.15) is 5.15 Å². The lowest BCUT2D eigenvalue weighted by molar-refractivity contribution is 0.183. The quantitative estimate of drug-likeness (QED) is 0.849. The highest BCUT2D eigenvalue weighted by atomic mass is 35.5. The molecule has 1 aromatic heterocycles. The molecule has 0 saturated carbocycles. The molecule has 0 bridgehead atoms. The fourth-order valence-corrected chi connectivity index (χ4v) is 2.82. The van der Waals surface area contributed by atoms with Gasteiger partial charge in [-0.2, -0.15) is 0 Å². The average molecular weight is 268 g/mol. The van der Waals surface area contributed by atoms with E-state index in [-0.39, 0.29) is 0 Å². The van der Waals surface area contributed by atoms with Crippen molar-refractivity contribution in [2.75, 3.05) is 25.0 Å². The van der Waals surface area contributed by atoms with Crippen LogP contribution in [0.4, 0.5) is 5.69 Å². The molecule has 2 heterocycles. The molecule has 1 aliphatic heterocycles. The summed E-state index contributed by atoms with van der Waals surface area (Å²) < 4.78 is 0. The maximum Gasteiger partial charge on any atom is 0.131 e. The third-order valence-corrected chi connectivity index (χ3v) is 4.11. The molecule has 1 aromatic rings. The lowest BCUT2D eigenvalue weighted by Crippen LogP contribution is -2.39. The number of hydrogen-bond acceptors (Lipinski definition) is 3. The van der Waals surface area contributed by atoms with Gasteiger partial charge in [-0.3, -0.25) is 0 Å². The van der Waals surface area contributed by atoms with Crippen molar-refractivity contribution in [3.05, 3.63) is 23.5 Å². The van der Waals surface area contributed by atoms with Crippen LogP contribution in [0.2, 0.25) is 5.15 Å². The van der Waals surface area contributed by atoms with Crippen molar-refractivity contribution in [1.29, 1.82) is 0 Å². The van der Waals surface area contributed by atoms with Crippen LogP contribution >= 0.6 is 11.6 Å². The van der Waals surface area contributed by atoms with E-state index in [0.29, 0.717) is 11.2 Å². The van der Waals surface area contributed by atoms with Gasteiger partial charge in [-0.05, 0) is 57.5 Å². The van der Waals surface area contributed by atoms with Gasteiger partial charge in [0.25, 0.3) is 0 Å². The minimum atomic E-state index is 0.488. The smallest absolute Gasteiger partial charge is 0.131 e. The van der Waals surface area contributed by atoms with Gasteiger partial charge in [-0.15, -0.1) is 0 Å². The number of piperidine rings is 1. The first kappa shape index (κ1) is 13.6. The third-order valence-electron chi connectivity index (χ3n) is 3.91. The van der Waals surface area contributed by atoms with Gasteiger partial charge in [0.2, 0.25) is 0 Å². The molecule has 1 unspecified atom stereocenters. The van der Waals surface area contributed by atoms with Crippen LogP contribution in [0, 0.1) is 5.92 Å². The number of halogens is 1. The second-order valence-electron chi connectivity index (χ2n) is 5.07. The number of hydrogen-bond donors (Lipinski definition) is 1. The molecule has 0 radical (unpaired) electrons. The zero-order valence-electron chi connectivity index (χ0n) is 11.2. The molecule has 3 nitrogen and oxygen atoms in total. The van der Waals surface area contributed by atoms with Crippen molar-refractivity contribution >= 4 is 17.3 Å². The van der Waals surface area contributed by atoms with Crippen molar-refractivity contribution < 1.29 is 0 Å². The van der Waals surface area contributed by atoms with Gasteiger partial charge in [0.15, 0.2) is 0 Å². The first-order valence-electron chi connectivity index (χ1n) is 6.79. The van der Waals surface area contributed by atoms with E-state index in [1.165, 1.54) is 32.5 Å². The van der Waals surface area contributed by atoms with Crippen LogP contribution < -0.4 is 5.32 Å². The van der Waals surface area contributed by atoms with Crippen LogP contribution in [-0.2, 0) is 0 Å². The molecule has 0 spiro atoms. The summed E-state index contributed by atoms with van der Waals surface area (Å²) in [5.74, 6) is 0.750. The summed E-state index contributed by atoms with van der Waals surface area (Å²) in [7, 11) is 0. The number of likely N-dealkylation sites (tertiary alicyclic amines) is 1. The molecule has 1 fully saturated rings. The molecule has 0 aliphatic carbocycles. The summed E-state index contributed by atoms with van der Waals surface area (Å²) in [5.41, 5.74) is 1.07. The van der Waals surface area contributed by atoms with Crippen LogP contribution in [-0.4, -0.2) is 35.6 Å². The first-order valence-corrected chi connectivity index (χ1v) is 7.17. The Bertz CT molecular complexity index is 375. The molecule has 1 aliphatic rings. The van der Waals surface area contributed by atoms with Crippen molar-refractivity contribution in [3.8, 4) is 0 Å². The highest BCUT2D eigenvalue weighted by Gasteiger charge is 2.22. The lowest BCUT2D eigenvalue weighted by Gasteiger charge is -2.34. The average Bonchev–Trinajstić information content (AvgIpc) is 2.39. The number of aromatic nitrogens is 1. The predicted octanol–water partition coefficient (Wildman–Crippen LogP) is 3.27. The molecule has 0 aromatic carbocycles. The Kier molecular flexibility index (Phi) is 4.84. The first-order chi connectivity index (χ1) is 8.69. The highest BCUT2D eigenvalue weighted by Crippen LogP contribution is 2.23. The van der Waals surface area contributed by atoms with Gasteiger partial charge in [-0.1, -0.05) is 18.5 Å². The Morgan fingerprint density at radius 2 is 2.22 bits per heavy atom. The van der Waals surface area contributed by atoms with E-state index in [0.717, 1.165) is 11.6 Å². The van der Waals surface area contributed by atoms with Gasteiger partial charge >= 0.3 is 0 Å². The van der Waals surface area contributed by atoms with Crippen molar-refractivity contribution in [1.82, 2.24) is 9.88 Å². The minimum absolute atomic E-state index is 0.488. The van der Waals surface area contributed by atoms with Crippen LogP contribution in [0.25, 0.3) is 0 Å². The molecular weight excluding hydrogens is 246 g/mol. The fraction of sp³-hybridized carbons (Fsp3) is 0.643. The summed E-state index contributed by atoms with van der Waals surface area (Å²) >= 11 is 5.89. The van der Waals surface area contributed by atoms with E-state index in [9.17, 15) is 0 Å². The largest absolute Gasteiger partial charge is 0.382 e. The summed E-state index contributed by atoms with van der Waals surface area (Å²) in [6.45, 7) is 8.13. The van der Waals surface area contributed by atoms with E-state index in [1.54, 1.807) is 6.20 Å². The second-order valence-corrected chi connectivity index (χ2v) is 5.46. The Balaban J connectivity index is 1.87. The van der Waals surface area contributed by atoms with Crippen molar-refractivity contribution in [3.63, 3.8) is 0 Å². The second kappa shape index (κ2) is 6.39. The molecular formula is C14H22ClN3. The maximum atomic E-state index is 5.89. The summed E-state index contributed by atoms with van der Waals surface area (Å²) in [6.07, 6.45) is 4.30. The maximum absolute atomic E-state index is 5.89. The number of nitrogens with zero attached hydrogens (tertiary/aromatic N) is 2. The molecule has 1 saturated heterocycles. The Hall–Kier alpha value is -0.800. The number of rotatable bonds is 4. The minimum Gasteiger partial charge on any atom is -0.382 e. The topological polar surface area (TPSA) is 28.2 Å². The normalized spacial score (nSPS) is 19.7. The van der Waals surface area contributed by atoms with Gasteiger partial charge in [-0.25, -0.2) is 4.98 Å². The molecule has 18 heavy (non-hydrogen) atoms. The number of pyridine rings is 1. The van der Waals surface area contributed by atoms with E-state index in [2.05, 4.69) is 29.0 Å². The van der Waals surface area contributed by atoms with Gasteiger partial charge in [0.05, 0.1) is 0 Å². The van der Waals surface area contributed by atoms with Crippen LogP contribution in [0.1, 0.15) is 26.7 Å². The van der Waals surface area contributed by atoms with Crippen LogP contribution in [0.15, 0.2) is 18.3 Å². The van der Waals surface area contributed by atoms with Crippen LogP contribution in [0.5, 0.6) is 0 Å². The van der Waals surface area contributed by atoms with Crippen LogP contribution in [0.3, 0.4) is 0 Å². The number of anilines is 1. The Morgan fingerprint density at radius 3 is 2.83 bits per heavy atom. The lowest BCUT2D eigenvalue weighted by atomic mass is 9.90. The molecule has 1 N–H and O–H groups in total. The zero-order chi connectivity index (χ0) is 13.0. The van der Waals surface area contributed by atoms with Gasteiger partial charge in [0, 0.05) is 17.9 Å². The molecule has 0 amide bonds. The van der Waals surface area contributed by atoms with E-state index in [1.807, 2.05) is 12.1 Å². The molecule has 4 heteroatoms. The Morgan fingerprint density at radius 1 is 1.50 bits per heavy atom. The van der Waals surface area contributed by atoms with Crippen molar-refractivity contribution in [2.45, 2.75) is 32.7 Å². The monoisotopic (exact) mass is 267 g/mol. The molecule has 2 rings (SSSR count). The third kappa shape index (κ3) is 3.59. The van der Waals surface area contributed by atoms with E-state index < -0.39 is 0 Å². The zero-order valence-corrected chi connectivity index (χ0v) is 12.0. The predicted molar refractivity (Wildman–Crippen MR) is 77.2 cm³/mol.